The Morgan fingerprint density at radius 1 is 1.32 bits per heavy atom. The van der Waals surface area contributed by atoms with Crippen LogP contribution in [0.3, 0.4) is 0 Å². The molecule has 6 nitrogen and oxygen atoms in total. The molecule has 1 aliphatic heterocycles. The van der Waals surface area contributed by atoms with Gasteiger partial charge in [0.2, 0.25) is 11.7 Å². The highest BCUT2D eigenvalue weighted by Crippen LogP contribution is 2.20. The molecule has 22 heavy (non-hydrogen) atoms. The van der Waals surface area contributed by atoms with Crippen LogP contribution < -0.4 is 4.74 Å². The second-order valence-corrected chi connectivity index (χ2v) is 5.43. The van der Waals surface area contributed by atoms with E-state index in [-0.39, 0.29) is 6.10 Å². The van der Waals surface area contributed by atoms with E-state index in [1.807, 2.05) is 12.1 Å². The standard InChI is InChI=1S/C16H21N3O3/c1-12-17-16(18-22-12)15-11-19(9-10-21-15)8-7-13-3-5-14(20-2)6-4-13/h3-6,15H,7-11H2,1-2H3/t15-/m1/s1. The van der Waals surface area contributed by atoms with Gasteiger partial charge in [-0.2, -0.15) is 4.98 Å². The van der Waals surface area contributed by atoms with Crippen molar-refractivity contribution in [3.8, 4) is 5.75 Å². The highest BCUT2D eigenvalue weighted by molar-refractivity contribution is 5.27. The minimum atomic E-state index is -0.0953. The highest BCUT2D eigenvalue weighted by atomic mass is 16.5. The molecule has 118 valence electrons. The molecule has 0 unspecified atom stereocenters. The average Bonchev–Trinajstić information content (AvgIpc) is 3.00. The van der Waals surface area contributed by atoms with Gasteiger partial charge in [-0.15, -0.1) is 0 Å². The van der Waals surface area contributed by atoms with Crippen LogP contribution in [0.2, 0.25) is 0 Å². The van der Waals surface area contributed by atoms with Crippen LogP contribution >= 0.6 is 0 Å². The van der Waals surface area contributed by atoms with Gasteiger partial charge in [-0.3, -0.25) is 4.90 Å². The topological polar surface area (TPSA) is 60.6 Å². The normalized spacial score (nSPS) is 19.3. The van der Waals surface area contributed by atoms with Crippen molar-refractivity contribution in [3.05, 3.63) is 41.5 Å². The van der Waals surface area contributed by atoms with E-state index in [0.717, 1.165) is 31.8 Å². The molecule has 6 heteroatoms. The second-order valence-electron chi connectivity index (χ2n) is 5.43. The average molecular weight is 303 g/mol. The summed E-state index contributed by atoms with van der Waals surface area (Å²) in [5, 5.41) is 3.96. The van der Waals surface area contributed by atoms with Crippen molar-refractivity contribution in [3.63, 3.8) is 0 Å². The number of aryl methyl sites for hydroxylation is 1. The lowest BCUT2D eigenvalue weighted by Gasteiger charge is -2.31. The molecular weight excluding hydrogens is 282 g/mol. The van der Waals surface area contributed by atoms with Gasteiger partial charge in [0.05, 0.1) is 13.7 Å². The summed E-state index contributed by atoms with van der Waals surface area (Å²) in [6.07, 6.45) is 0.907. The lowest BCUT2D eigenvalue weighted by Crippen LogP contribution is -2.39. The number of nitrogens with zero attached hydrogens (tertiary/aromatic N) is 3. The predicted molar refractivity (Wildman–Crippen MR) is 80.9 cm³/mol. The summed E-state index contributed by atoms with van der Waals surface area (Å²) in [4.78, 5) is 6.64. The first kappa shape index (κ1) is 15.0. The molecule has 1 aliphatic rings. The molecule has 1 aromatic heterocycles. The maximum absolute atomic E-state index is 5.75. The molecule has 0 bridgehead atoms. The van der Waals surface area contributed by atoms with Gasteiger partial charge >= 0.3 is 0 Å². The van der Waals surface area contributed by atoms with E-state index in [4.69, 9.17) is 14.0 Å². The van der Waals surface area contributed by atoms with E-state index in [1.54, 1.807) is 14.0 Å². The monoisotopic (exact) mass is 303 g/mol. The zero-order valence-corrected chi connectivity index (χ0v) is 13.0. The third-order valence-corrected chi connectivity index (χ3v) is 3.86. The molecule has 2 aromatic rings. The summed E-state index contributed by atoms with van der Waals surface area (Å²) in [6, 6.07) is 8.22. The van der Waals surface area contributed by atoms with E-state index >= 15 is 0 Å². The third-order valence-electron chi connectivity index (χ3n) is 3.86. The number of methoxy groups -OCH3 is 1. The maximum Gasteiger partial charge on any atom is 0.223 e. The number of hydrogen-bond donors (Lipinski definition) is 0. The maximum atomic E-state index is 5.75. The van der Waals surface area contributed by atoms with E-state index in [0.29, 0.717) is 18.3 Å². The zero-order chi connectivity index (χ0) is 15.4. The first-order valence-electron chi connectivity index (χ1n) is 7.51. The smallest absolute Gasteiger partial charge is 0.223 e. The van der Waals surface area contributed by atoms with Crippen molar-refractivity contribution in [2.45, 2.75) is 19.4 Å². The SMILES string of the molecule is COc1ccc(CCN2CCO[C@@H](c3noc(C)n3)C2)cc1. The van der Waals surface area contributed by atoms with Gasteiger partial charge in [0.15, 0.2) is 0 Å². The van der Waals surface area contributed by atoms with Crippen LogP contribution in [0.1, 0.15) is 23.4 Å². The number of morpholine rings is 1. The van der Waals surface area contributed by atoms with Crippen LogP contribution in [-0.2, 0) is 11.2 Å². The van der Waals surface area contributed by atoms with Crippen LogP contribution in [-0.4, -0.2) is 48.4 Å². The number of benzene rings is 1. The van der Waals surface area contributed by atoms with Crippen molar-refractivity contribution < 1.29 is 14.0 Å². The van der Waals surface area contributed by atoms with Gasteiger partial charge < -0.3 is 14.0 Å². The van der Waals surface area contributed by atoms with E-state index in [2.05, 4.69) is 27.2 Å². The molecule has 1 fully saturated rings. The number of hydrogen-bond acceptors (Lipinski definition) is 6. The minimum Gasteiger partial charge on any atom is -0.497 e. The number of ether oxygens (including phenoxy) is 2. The number of rotatable bonds is 5. The first-order chi connectivity index (χ1) is 10.7. The lowest BCUT2D eigenvalue weighted by atomic mass is 10.1. The molecule has 3 rings (SSSR count). The van der Waals surface area contributed by atoms with Crippen LogP contribution in [0.25, 0.3) is 0 Å². The molecule has 0 amide bonds. The van der Waals surface area contributed by atoms with Crippen LogP contribution in [0.5, 0.6) is 5.75 Å². The Bertz CT molecular complexity index is 597. The Morgan fingerprint density at radius 2 is 2.14 bits per heavy atom. The van der Waals surface area contributed by atoms with Crippen LogP contribution in [0.4, 0.5) is 0 Å². The molecule has 0 spiro atoms. The summed E-state index contributed by atoms with van der Waals surface area (Å²) >= 11 is 0. The van der Waals surface area contributed by atoms with Crippen LogP contribution in [0.15, 0.2) is 28.8 Å². The Morgan fingerprint density at radius 3 is 2.82 bits per heavy atom. The molecular formula is C16H21N3O3. The van der Waals surface area contributed by atoms with E-state index in [9.17, 15) is 0 Å². The Balaban J connectivity index is 1.53. The van der Waals surface area contributed by atoms with Crippen molar-refractivity contribution in [1.82, 2.24) is 15.0 Å². The van der Waals surface area contributed by atoms with E-state index < -0.39 is 0 Å². The summed E-state index contributed by atoms with van der Waals surface area (Å²) in [5.41, 5.74) is 1.30. The molecule has 1 aromatic carbocycles. The molecule has 1 saturated heterocycles. The Labute approximate surface area is 130 Å². The van der Waals surface area contributed by atoms with Gasteiger partial charge in [-0.05, 0) is 24.1 Å². The fourth-order valence-electron chi connectivity index (χ4n) is 2.59. The molecule has 0 N–H and O–H groups in total. The van der Waals surface area contributed by atoms with Crippen molar-refractivity contribution in [2.75, 3.05) is 33.4 Å². The van der Waals surface area contributed by atoms with Crippen molar-refractivity contribution in [1.29, 1.82) is 0 Å². The minimum absolute atomic E-state index is 0.0953. The fraction of sp³-hybridized carbons (Fsp3) is 0.500. The van der Waals surface area contributed by atoms with Gasteiger partial charge in [0.1, 0.15) is 11.9 Å². The van der Waals surface area contributed by atoms with Gasteiger partial charge in [-0.1, -0.05) is 17.3 Å². The lowest BCUT2D eigenvalue weighted by molar-refractivity contribution is -0.0347. The van der Waals surface area contributed by atoms with Gasteiger partial charge in [0.25, 0.3) is 0 Å². The summed E-state index contributed by atoms with van der Waals surface area (Å²) in [5.74, 6) is 2.11. The third kappa shape index (κ3) is 3.64. The summed E-state index contributed by atoms with van der Waals surface area (Å²) < 4.78 is 16.0. The van der Waals surface area contributed by atoms with Crippen LogP contribution in [0, 0.1) is 6.92 Å². The fourth-order valence-corrected chi connectivity index (χ4v) is 2.59. The summed E-state index contributed by atoms with van der Waals surface area (Å²) in [6.45, 7) is 5.21. The quantitative estimate of drug-likeness (QED) is 0.842. The van der Waals surface area contributed by atoms with Crippen molar-refractivity contribution >= 4 is 0 Å². The molecule has 0 radical (unpaired) electrons. The number of aromatic nitrogens is 2. The predicted octanol–water partition coefficient (Wildman–Crippen LogP) is 2.00. The molecule has 1 atom stereocenters. The van der Waals surface area contributed by atoms with Gasteiger partial charge in [0, 0.05) is 26.6 Å². The second kappa shape index (κ2) is 6.89. The summed E-state index contributed by atoms with van der Waals surface area (Å²) in [7, 11) is 1.68. The first-order valence-corrected chi connectivity index (χ1v) is 7.51. The molecule has 2 heterocycles. The van der Waals surface area contributed by atoms with E-state index in [1.165, 1.54) is 5.56 Å². The Kier molecular flexibility index (Phi) is 4.70. The molecule has 0 aliphatic carbocycles. The van der Waals surface area contributed by atoms with Gasteiger partial charge in [-0.25, -0.2) is 0 Å². The highest BCUT2D eigenvalue weighted by Gasteiger charge is 2.25. The largest absolute Gasteiger partial charge is 0.497 e. The molecule has 0 saturated carbocycles. The zero-order valence-electron chi connectivity index (χ0n) is 13.0. The Hall–Kier alpha value is -1.92. The van der Waals surface area contributed by atoms with Crippen molar-refractivity contribution in [2.24, 2.45) is 0 Å².